The number of anilines is 1. The van der Waals surface area contributed by atoms with Gasteiger partial charge in [0, 0.05) is 22.7 Å². The Hall–Kier alpha value is -2.05. The fraction of sp³-hybridized carbons (Fsp3) is 0.0714. The lowest BCUT2D eigenvalue weighted by atomic mass is 10.1. The van der Waals surface area contributed by atoms with E-state index in [-0.39, 0.29) is 0 Å². The number of thiazole rings is 1. The van der Waals surface area contributed by atoms with Crippen molar-refractivity contribution in [2.75, 3.05) is 5.32 Å². The van der Waals surface area contributed by atoms with Crippen molar-refractivity contribution < 1.29 is 0 Å². The SMILES string of the molecule is NC(=S)c1cnc2ccccc2c1NCc1cncs1. The molecule has 0 amide bonds. The minimum absolute atomic E-state index is 0.343. The molecule has 3 N–H and O–H groups in total. The monoisotopic (exact) mass is 300 g/mol. The Labute approximate surface area is 125 Å². The van der Waals surface area contributed by atoms with Crippen LogP contribution in [0.1, 0.15) is 10.4 Å². The van der Waals surface area contributed by atoms with Gasteiger partial charge < -0.3 is 11.1 Å². The molecule has 0 fully saturated rings. The number of rotatable bonds is 4. The van der Waals surface area contributed by atoms with Gasteiger partial charge in [0.25, 0.3) is 0 Å². The summed E-state index contributed by atoms with van der Waals surface area (Å²) >= 11 is 6.72. The maximum absolute atomic E-state index is 5.80. The Morgan fingerprint density at radius 2 is 2.15 bits per heavy atom. The van der Waals surface area contributed by atoms with Gasteiger partial charge in [-0.15, -0.1) is 11.3 Å². The fourth-order valence-corrected chi connectivity index (χ4v) is 2.71. The molecular formula is C14H12N4S2. The van der Waals surface area contributed by atoms with E-state index in [0.717, 1.165) is 27.0 Å². The summed E-state index contributed by atoms with van der Waals surface area (Å²) in [5.41, 5.74) is 10.2. The normalized spacial score (nSPS) is 10.6. The van der Waals surface area contributed by atoms with Crippen molar-refractivity contribution in [1.29, 1.82) is 0 Å². The number of thiocarbonyl (C=S) groups is 1. The molecule has 0 aliphatic rings. The van der Waals surface area contributed by atoms with Crippen LogP contribution in [0.15, 0.2) is 42.2 Å². The van der Waals surface area contributed by atoms with Crippen LogP contribution in [-0.4, -0.2) is 15.0 Å². The van der Waals surface area contributed by atoms with Gasteiger partial charge >= 0.3 is 0 Å². The topological polar surface area (TPSA) is 63.8 Å². The van der Waals surface area contributed by atoms with E-state index in [1.54, 1.807) is 17.5 Å². The van der Waals surface area contributed by atoms with Crippen LogP contribution < -0.4 is 11.1 Å². The fourth-order valence-electron chi connectivity index (χ4n) is 2.02. The maximum Gasteiger partial charge on any atom is 0.107 e. The molecule has 0 saturated heterocycles. The second-order valence-corrected chi connectivity index (χ2v) is 5.66. The minimum Gasteiger partial charge on any atom is -0.389 e. The molecule has 2 aromatic heterocycles. The Morgan fingerprint density at radius 1 is 1.30 bits per heavy atom. The van der Waals surface area contributed by atoms with Crippen molar-refractivity contribution in [3.8, 4) is 0 Å². The van der Waals surface area contributed by atoms with Crippen LogP contribution in [0.25, 0.3) is 10.9 Å². The van der Waals surface area contributed by atoms with Crippen LogP contribution in [0.3, 0.4) is 0 Å². The van der Waals surface area contributed by atoms with Crippen LogP contribution in [0.5, 0.6) is 0 Å². The van der Waals surface area contributed by atoms with Crippen molar-refractivity contribution >= 4 is 45.1 Å². The number of nitrogens with zero attached hydrogens (tertiary/aromatic N) is 2. The van der Waals surface area contributed by atoms with E-state index in [1.807, 2.05) is 36.0 Å². The van der Waals surface area contributed by atoms with Gasteiger partial charge in [-0.3, -0.25) is 9.97 Å². The van der Waals surface area contributed by atoms with E-state index in [2.05, 4.69) is 15.3 Å². The van der Waals surface area contributed by atoms with Gasteiger partial charge in [0.05, 0.1) is 28.8 Å². The number of para-hydroxylation sites is 1. The molecule has 0 aliphatic carbocycles. The standard InChI is InChI=1S/C14H12N4S2/c15-14(19)11-7-17-12-4-2-1-3-10(12)13(11)18-6-9-5-16-8-20-9/h1-5,7-8H,6H2,(H2,15,19)(H,17,18). The molecule has 100 valence electrons. The first-order chi connectivity index (χ1) is 9.75. The highest BCUT2D eigenvalue weighted by atomic mass is 32.1. The summed E-state index contributed by atoms with van der Waals surface area (Å²) < 4.78 is 0. The molecule has 0 aliphatic heterocycles. The van der Waals surface area contributed by atoms with Gasteiger partial charge in [-0.1, -0.05) is 30.4 Å². The summed E-state index contributed by atoms with van der Waals surface area (Å²) in [5.74, 6) is 0. The second-order valence-electron chi connectivity index (χ2n) is 4.25. The third-order valence-corrected chi connectivity index (χ3v) is 3.96. The van der Waals surface area contributed by atoms with E-state index in [0.29, 0.717) is 11.5 Å². The predicted molar refractivity (Wildman–Crippen MR) is 87.1 cm³/mol. The smallest absolute Gasteiger partial charge is 0.107 e. The van der Waals surface area contributed by atoms with Crippen molar-refractivity contribution in [3.63, 3.8) is 0 Å². The maximum atomic E-state index is 5.80. The van der Waals surface area contributed by atoms with Gasteiger partial charge in [0.2, 0.25) is 0 Å². The number of nitrogens with two attached hydrogens (primary N) is 1. The van der Waals surface area contributed by atoms with Gasteiger partial charge in [0.15, 0.2) is 0 Å². The van der Waals surface area contributed by atoms with Crippen molar-refractivity contribution in [3.05, 3.63) is 52.6 Å². The molecular weight excluding hydrogens is 288 g/mol. The van der Waals surface area contributed by atoms with E-state index in [9.17, 15) is 0 Å². The molecule has 2 heterocycles. The van der Waals surface area contributed by atoms with Crippen molar-refractivity contribution in [2.45, 2.75) is 6.54 Å². The van der Waals surface area contributed by atoms with Crippen LogP contribution in [-0.2, 0) is 6.54 Å². The quantitative estimate of drug-likeness (QED) is 0.725. The first-order valence-corrected chi connectivity index (χ1v) is 7.33. The molecule has 0 spiro atoms. The lowest BCUT2D eigenvalue weighted by Crippen LogP contribution is -2.14. The van der Waals surface area contributed by atoms with E-state index in [4.69, 9.17) is 18.0 Å². The average Bonchev–Trinajstić information content (AvgIpc) is 2.97. The highest BCUT2D eigenvalue weighted by molar-refractivity contribution is 7.80. The highest BCUT2D eigenvalue weighted by Crippen LogP contribution is 2.26. The van der Waals surface area contributed by atoms with Crippen LogP contribution >= 0.6 is 23.6 Å². The lowest BCUT2D eigenvalue weighted by Gasteiger charge is -2.13. The summed E-state index contributed by atoms with van der Waals surface area (Å²) in [4.78, 5) is 9.96. The zero-order chi connectivity index (χ0) is 13.9. The third-order valence-electron chi connectivity index (χ3n) is 2.96. The number of pyridine rings is 1. The largest absolute Gasteiger partial charge is 0.389 e. The molecule has 3 aromatic rings. The number of nitrogens with one attached hydrogen (secondary N) is 1. The number of fused-ring (bicyclic) bond motifs is 1. The number of aromatic nitrogens is 2. The Bertz CT molecular complexity index is 753. The van der Waals surface area contributed by atoms with Crippen molar-refractivity contribution in [2.24, 2.45) is 5.73 Å². The Balaban J connectivity index is 2.05. The summed E-state index contributed by atoms with van der Waals surface area (Å²) in [6.45, 7) is 0.689. The van der Waals surface area contributed by atoms with E-state index in [1.165, 1.54) is 0 Å². The van der Waals surface area contributed by atoms with Gasteiger partial charge in [-0.05, 0) is 6.07 Å². The Kier molecular flexibility index (Phi) is 3.58. The molecule has 4 nitrogen and oxygen atoms in total. The van der Waals surface area contributed by atoms with Gasteiger partial charge in [-0.25, -0.2) is 0 Å². The molecule has 0 unspecified atom stereocenters. The van der Waals surface area contributed by atoms with Gasteiger partial charge in [0.1, 0.15) is 4.99 Å². The molecule has 20 heavy (non-hydrogen) atoms. The summed E-state index contributed by atoms with van der Waals surface area (Å²) in [6.07, 6.45) is 3.57. The minimum atomic E-state index is 0.343. The second kappa shape index (κ2) is 5.52. The zero-order valence-electron chi connectivity index (χ0n) is 10.5. The van der Waals surface area contributed by atoms with E-state index < -0.39 is 0 Å². The van der Waals surface area contributed by atoms with E-state index >= 15 is 0 Å². The summed E-state index contributed by atoms with van der Waals surface area (Å²) in [6, 6.07) is 7.92. The molecule has 6 heteroatoms. The predicted octanol–water partition coefficient (Wildman–Crippen LogP) is 2.94. The number of benzene rings is 1. The zero-order valence-corrected chi connectivity index (χ0v) is 12.2. The highest BCUT2D eigenvalue weighted by Gasteiger charge is 2.10. The molecule has 0 bridgehead atoms. The van der Waals surface area contributed by atoms with Crippen molar-refractivity contribution in [1.82, 2.24) is 9.97 Å². The van der Waals surface area contributed by atoms with Gasteiger partial charge in [-0.2, -0.15) is 0 Å². The van der Waals surface area contributed by atoms with Crippen LogP contribution in [0.4, 0.5) is 5.69 Å². The van der Waals surface area contributed by atoms with Crippen LogP contribution in [0, 0.1) is 0 Å². The summed E-state index contributed by atoms with van der Waals surface area (Å²) in [5, 5.41) is 4.42. The number of hydrogen-bond acceptors (Lipinski definition) is 5. The van der Waals surface area contributed by atoms with Crippen LogP contribution in [0.2, 0.25) is 0 Å². The first-order valence-electron chi connectivity index (χ1n) is 6.04. The molecule has 1 aromatic carbocycles. The Morgan fingerprint density at radius 3 is 2.90 bits per heavy atom. The third kappa shape index (κ3) is 2.48. The molecule has 0 radical (unpaired) electrons. The molecule has 0 atom stereocenters. The lowest BCUT2D eigenvalue weighted by molar-refractivity contribution is 1.17. The number of hydrogen-bond donors (Lipinski definition) is 2. The summed E-state index contributed by atoms with van der Waals surface area (Å²) in [7, 11) is 0. The average molecular weight is 300 g/mol. The molecule has 0 saturated carbocycles. The first kappa shape index (κ1) is 13.0. The molecule has 3 rings (SSSR count).